The summed E-state index contributed by atoms with van der Waals surface area (Å²) >= 11 is 14.9. The minimum Gasteiger partial charge on any atom is -0.222 e. The number of halogens is 2. The van der Waals surface area contributed by atoms with Crippen LogP contribution in [0.3, 0.4) is 0 Å². The van der Waals surface area contributed by atoms with Gasteiger partial charge in [-0.2, -0.15) is 0 Å². The summed E-state index contributed by atoms with van der Waals surface area (Å²) in [6, 6.07) is 4.69. The molecule has 60 heavy (non-hydrogen) atoms. The van der Waals surface area contributed by atoms with E-state index in [4.69, 9.17) is 9.97 Å². The van der Waals surface area contributed by atoms with E-state index >= 15 is 0 Å². The van der Waals surface area contributed by atoms with E-state index in [0.717, 1.165) is 32.5 Å². The van der Waals surface area contributed by atoms with Gasteiger partial charge in [0.25, 0.3) is 0 Å². The van der Waals surface area contributed by atoms with E-state index in [-0.39, 0.29) is 0 Å². The molecule has 0 atom stereocenters. The molecule has 8 heteroatoms. The molecule has 0 aliphatic rings. The fourth-order valence-corrected chi connectivity index (χ4v) is 14.5. The van der Waals surface area contributed by atoms with Gasteiger partial charge in [0.05, 0.1) is 17.3 Å². The van der Waals surface area contributed by atoms with Crippen LogP contribution in [0.25, 0.3) is 29.4 Å². The van der Waals surface area contributed by atoms with Crippen molar-refractivity contribution in [2.24, 2.45) is 0 Å². The number of thiophene rings is 2. The third-order valence-corrected chi connectivity index (χ3v) is 18.2. The van der Waals surface area contributed by atoms with Crippen LogP contribution in [0.15, 0.2) is 19.7 Å². The first kappa shape index (κ1) is 52.5. The third-order valence-electron chi connectivity index (χ3n) is 12.5. The van der Waals surface area contributed by atoms with Crippen molar-refractivity contribution in [3.05, 3.63) is 30.8 Å². The molecular formula is C52H84Br2N2S4. The van der Waals surface area contributed by atoms with Gasteiger partial charge in [-0.15, -0.1) is 22.7 Å². The molecule has 4 aromatic heterocycles. The van der Waals surface area contributed by atoms with E-state index in [1.54, 1.807) is 22.7 Å². The van der Waals surface area contributed by atoms with Crippen molar-refractivity contribution in [1.29, 1.82) is 0 Å². The number of rotatable bonds is 40. The van der Waals surface area contributed by atoms with E-state index in [1.165, 1.54) is 260 Å². The van der Waals surface area contributed by atoms with Crippen molar-refractivity contribution in [1.82, 2.24) is 9.97 Å². The van der Waals surface area contributed by atoms with Gasteiger partial charge in [-0.1, -0.05) is 255 Å². The summed E-state index contributed by atoms with van der Waals surface area (Å²) in [5, 5.41) is 2.30. The number of hydrogen-bond acceptors (Lipinski definition) is 6. The molecule has 2 nitrogen and oxygen atoms in total. The zero-order valence-corrected chi connectivity index (χ0v) is 44.7. The van der Waals surface area contributed by atoms with Crippen LogP contribution in [-0.4, -0.2) is 9.97 Å². The minimum absolute atomic E-state index is 1.09. The summed E-state index contributed by atoms with van der Waals surface area (Å²) in [6.07, 6.45) is 53.4. The van der Waals surface area contributed by atoms with Gasteiger partial charge >= 0.3 is 0 Å². The Balaban J connectivity index is 1.05. The largest absolute Gasteiger partial charge is 0.222 e. The second kappa shape index (κ2) is 34.3. The summed E-state index contributed by atoms with van der Waals surface area (Å²) in [4.78, 5) is 15.2. The highest BCUT2D eigenvalue weighted by Gasteiger charge is 2.20. The Morgan fingerprint density at radius 2 is 0.567 bits per heavy atom. The van der Waals surface area contributed by atoms with Crippen LogP contribution in [0.4, 0.5) is 0 Å². The van der Waals surface area contributed by atoms with Gasteiger partial charge in [-0.25, -0.2) is 9.97 Å². The van der Waals surface area contributed by atoms with Gasteiger partial charge in [-0.3, -0.25) is 0 Å². The third kappa shape index (κ3) is 22.2. The maximum atomic E-state index is 5.18. The maximum absolute atomic E-state index is 5.18. The molecule has 0 N–H and O–H groups in total. The SMILES string of the molecule is CCCCCCCCCCCCCCCCCCCCc1cc(Br)sc1-c1nc2sc(-c3sc(Br)cc3CCCCCCCCCCCCCCCCCCCC)nc2s1. The molecule has 0 aromatic carbocycles. The van der Waals surface area contributed by atoms with Crippen LogP contribution in [0.5, 0.6) is 0 Å². The number of nitrogens with zero attached hydrogens (tertiary/aromatic N) is 2. The fraction of sp³-hybridized carbons (Fsp3) is 0.769. The van der Waals surface area contributed by atoms with E-state index in [0.29, 0.717) is 0 Å². The van der Waals surface area contributed by atoms with Crippen LogP contribution in [0.2, 0.25) is 0 Å². The van der Waals surface area contributed by atoms with Gasteiger partial charge in [0.2, 0.25) is 0 Å². The minimum atomic E-state index is 1.09. The Bertz CT molecular complexity index is 1470. The lowest BCUT2D eigenvalue weighted by Gasteiger charge is -2.04. The summed E-state index contributed by atoms with van der Waals surface area (Å²) in [7, 11) is 0. The number of hydrogen-bond donors (Lipinski definition) is 0. The molecule has 0 aliphatic heterocycles. The normalized spacial score (nSPS) is 11.9. The average molecular weight is 1030 g/mol. The Morgan fingerprint density at radius 1 is 0.333 bits per heavy atom. The topological polar surface area (TPSA) is 25.8 Å². The summed E-state index contributed by atoms with van der Waals surface area (Å²) < 4.78 is 2.43. The van der Waals surface area contributed by atoms with Crippen molar-refractivity contribution < 1.29 is 0 Å². The van der Waals surface area contributed by atoms with E-state index in [9.17, 15) is 0 Å². The lowest BCUT2D eigenvalue weighted by atomic mass is 10.0. The quantitative estimate of drug-likeness (QED) is 0.0415. The van der Waals surface area contributed by atoms with E-state index in [2.05, 4.69) is 57.8 Å². The van der Waals surface area contributed by atoms with Crippen molar-refractivity contribution in [2.75, 3.05) is 0 Å². The predicted molar refractivity (Wildman–Crippen MR) is 282 cm³/mol. The molecule has 0 radical (unpaired) electrons. The molecule has 0 unspecified atom stereocenters. The summed E-state index contributed by atoms with van der Waals surface area (Å²) in [5.41, 5.74) is 2.91. The lowest BCUT2D eigenvalue weighted by Crippen LogP contribution is -1.87. The highest BCUT2D eigenvalue weighted by atomic mass is 79.9. The van der Waals surface area contributed by atoms with Crippen LogP contribution >= 0.6 is 77.2 Å². The first-order chi connectivity index (χ1) is 29.6. The zero-order chi connectivity index (χ0) is 42.3. The Labute approximate surface area is 402 Å². The molecule has 4 rings (SSSR count). The maximum Gasteiger partial charge on any atom is 0.155 e. The molecule has 0 saturated carbocycles. The van der Waals surface area contributed by atoms with Gasteiger partial charge in [0, 0.05) is 0 Å². The molecule has 0 aliphatic carbocycles. The molecule has 340 valence electrons. The Hall–Kier alpha value is -0.120. The summed E-state index contributed by atoms with van der Waals surface area (Å²) in [5.74, 6) is 0. The van der Waals surface area contributed by atoms with Crippen molar-refractivity contribution in [3.63, 3.8) is 0 Å². The molecule has 0 spiro atoms. The van der Waals surface area contributed by atoms with Gasteiger partial charge in [0.15, 0.2) is 9.66 Å². The molecule has 0 fully saturated rings. The molecule has 0 bridgehead atoms. The molecule has 0 saturated heterocycles. The summed E-state index contributed by atoms with van der Waals surface area (Å²) in [6.45, 7) is 4.61. The number of aromatic nitrogens is 2. The number of fused-ring (bicyclic) bond motifs is 1. The van der Waals surface area contributed by atoms with Gasteiger partial charge in [0.1, 0.15) is 10.0 Å². The monoisotopic (exact) mass is 1020 g/mol. The highest BCUT2D eigenvalue weighted by Crippen LogP contribution is 2.45. The van der Waals surface area contributed by atoms with E-state index in [1.807, 2.05) is 22.7 Å². The van der Waals surface area contributed by atoms with Crippen molar-refractivity contribution in [3.8, 4) is 19.8 Å². The highest BCUT2D eigenvalue weighted by molar-refractivity contribution is 9.11. The van der Waals surface area contributed by atoms with Crippen LogP contribution in [-0.2, 0) is 12.8 Å². The van der Waals surface area contributed by atoms with Crippen LogP contribution in [0, 0.1) is 0 Å². The molecule has 0 amide bonds. The predicted octanol–water partition coefficient (Wildman–Crippen LogP) is 21.9. The smallest absolute Gasteiger partial charge is 0.155 e. The van der Waals surface area contributed by atoms with Gasteiger partial charge in [-0.05, 0) is 80.8 Å². The lowest BCUT2D eigenvalue weighted by molar-refractivity contribution is 0.525. The van der Waals surface area contributed by atoms with E-state index < -0.39 is 0 Å². The number of unbranched alkanes of at least 4 members (excludes halogenated alkanes) is 34. The first-order valence-electron chi connectivity index (χ1n) is 25.4. The van der Waals surface area contributed by atoms with Crippen molar-refractivity contribution >= 4 is 86.9 Å². The molecule has 4 heterocycles. The second-order valence-electron chi connectivity index (χ2n) is 18.0. The zero-order valence-electron chi connectivity index (χ0n) is 38.3. The average Bonchev–Trinajstić information content (AvgIpc) is 4.02. The van der Waals surface area contributed by atoms with Crippen LogP contribution in [0.1, 0.15) is 256 Å². The van der Waals surface area contributed by atoms with Gasteiger partial charge < -0.3 is 0 Å². The standard InChI is InChI=1S/C52H84Br2N2S4/c1-3-5-7-9-11-13-15-17-19-21-23-25-27-29-31-33-35-37-39-43-41-45(53)57-47(43)49-55-51-52(59-49)56-50(60-51)48-44(42-46(54)58-48)40-38-36-34-32-30-28-26-24-22-20-18-16-14-12-10-8-6-4-2/h41-42H,3-40H2,1-2H3. The fourth-order valence-electron chi connectivity index (χ4n) is 8.79. The van der Waals surface area contributed by atoms with Crippen molar-refractivity contribution in [2.45, 2.75) is 258 Å². The Kier molecular flexibility index (Phi) is 30.0. The Morgan fingerprint density at radius 3 is 0.817 bits per heavy atom. The number of thiazole rings is 2. The van der Waals surface area contributed by atoms with Crippen LogP contribution < -0.4 is 0 Å². The number of aryl methyl sites for hydroxylation is 2. The molecular weight excluding hydrogens is 941 g/mol. The second-order valence-corrected chi connectivity index (χ2v) is 24.8. The molecule has 4 aromatic rings. The first-order valence-corrected chi connectivity index (χ1v) is 30.3.